The molecule has 0 aromatic carbocycles. The molecule has 1 aromatic rings. The number of nitrogens with zero attached hydrogens (tertiary/aromatic N) is 4. The second kappa shape index (κ2) is 7.76. The van der Waals surface area contributed by atoms with Crippen LogP contribution in [-0.4, -0.2) is 63.7 Å². The number of aryl methyl sites for hydroxylation is 1. The number of hydrogen-bond donors (Lipinski definition) is 2. The van der Waals surface area contributed by atoms with Gasteiger partial charge in [0.15, 0.2) is 0 Å². The number of amides is 3. The summed E-state index contributed by atoms with van der Waals surface area (Å²) in [6.07, 6.45) is 5.01. The van der Waals surface area contributed by atoms with Crippen LogP contribution in [0, 0.1) is 6.92 Å². The van der Waals surface area contributed by atoms with Gasteiger partial charge in [0.25, 0.3) is 0 Å². The lowest BCUT2D eigenvalue weighted by Crippen LogP contribution is -2.51. The maximum Gasteiger partial charge on any atom is 0.319 e. The lowest BCUT2D eigenvalue weighted by Gasteiger charge is -2.37. The van der Waals surface area contributed by atoms with Crippen LogP contribution < -0.4 is 11.1 Å². The van der Waals surface area contributed by atoms with Crippen LogP contribution in [0.15, 0.2) is 6.07 Å². The molecule has 25 heavy (non-hydrogen) atoms. The maximum absolute atomic E-state index is 12.5. The highest BCUT2D eigenvalue weighted by Crippen LogP contribution is 2.16. The van der Waals surface area contributed by atoms with Gasteiger partial charge in [0, 0.05) is 38.3 Å². The number of hydrogen-bond acceptors (Lipinski definition) is 4. The van der Waals surface area contributed by atoms with Gasteiger partial charge in [-0.2, -0.15) is 5.10 Å². The zero-order chi connectivity index (χ0) is 17.8. The number of carbonyl (C=O) groups excluding carboxylic acids is 2. The van der Waals surface area contributed by atoms with Crippen LogP contribution in [0.2, 0.25) is 0 Å². The third kappa shape index (κ3) is 4.43. The summed E-state index contributed by atoms with van der Waals surface area (Å²) in [4.78, 5) is 28.6. The van der Waals surface area contributed by atoms with E-state index in [0.717, 1.165) is 44.5 Å². The van der Waals surface area contributed by atoms with E-state index in [4.69, 9.17) is 5.73 Å². The molecule has 0 saturated carbocycles. The average molecular weight is 348 g/mol. The standard InChI is InChI=1S/C17H28N6O2/c1-13-11-15(18)23(20-13)12-16(24)19-14-5-9-22(10-6-14)17(25)21-7-3-2-4-8-21/h11,14H,2-10,12,18H2,1H3,(H,19,24). The van der Waals surface area contributed by atoms with Gasteiger partial charge >= 0.3 is 6.03 Å². The van der Waals surface area contributed by atoms with Crippen LogP contribution in [0.1, 0.15) is 37.8 Å². The highest BCUT2D eigenvalue weighted by atomic mass is 16.2. The fourth-order valence-electron chi connectivity index (χ4n) is 3.60. The molecule has 0 spiro atoms. The fraction of sp³-hybridized carbons (Fsp3) is 0.706. The molecule has 3 rings (SSSR count). The third-order valence-corrected chi connectivity index (χ3v) is 4.98. The van der Waals surface area contributed by atoms with E-state index in [2.05, 4.69) is 10.4 Å². The van der Waals surface area contributed by atoms with Gasteiger partial charge in [-0.25, -0.2) is 9.48 Å². The molecule has 2 aliphatic rings. The van der Waals surface area contributed by atoms with Crippen LogP contribution >= 0.6 is 0 Å². The van der Waals surface area contributed by atoms with Crippen LogP contribution in [0.3, 0.4) is 0 Å². The molecule has 0 aliphatic carbocycles. The van der Waals surface area contributed by atoms with E-state index in [1.807, 2.05) is 16.7 Å². The van der Waals surface area contributed by atoms with E-state index in [9.17, 15) is 9.59 Å². The Morgan fingerprint density at radius 3 is 2.40 bits per heavy atom. The first-order valence-corrected chi connectivity index (χ1v) is 9.16. The summed E-state index contributed by atoms with van der Waals surface area (Å²) in [6.45, 7) is 5.12. The van der Waals surface area contributed by atoms with Gasteiger partial charge in [-0.15, -0.1) is 0 Å². The first kappa shape index (κ1) is 17.6. The average Bonchev–Trinajstić information content (AvgIpc) is 2.92. The van der Waals surface area contributed by atoms with Crippen molar-refractivity contribution in [3.8, 4) is 0 Å². The normalized spacial score (nSPS) is 19.1. The van der Waals surface area contributed by atoms with Gasteiger partial charge in [-0.1, -0.05) is 0 Å². The van der Waals surface area contributed by atoms with Crippen molar-refractivity contribution < 1.29 is 9.59 Å². The number of aromatic nitrogens is 2. The van der Waals surface area contributed by atoms with Gasteiger partial charge in [0.1, 0.15) is 12.4 Å². The Morgan fingerprint density at radius 2 is 1.80 bits per heavy atom. The molecule has 138 valence electrons. The second-order valence-corrected chi connectivity index (χ2v) is 7.03. The van der Waals surface area contributed by atoms with Crippen LogP contribution in [0.4, 0.5) is 10.6 Å². The zero-order valence-corrected chi connectivity index (χ0v) is 14.9. The third-order valence-electron chi connectivity index (χ3n) is 4.98. The van der Waals surface area contributed by atoms with E-state index in [1.165, 1.54) is 11.1 Å². The number of nitrogen functional groups attached to an aromatic ring is 1. The van der Waals surface area contributed by atoms with Crippen molar-refractivity contribution in [2.24, 2.45) is 0 Å². The predicted molar refractivity (Wildman–Crippen MR) is 94.9 cm³/mol. The Labute approximate surface area is 148 Å². The summed E-state index contributed by atoms with van der Waals surface area (Å²) in [7, 11) is 0. The molecule has 2 fully saturated rings. The van der Waals surface area contributed by atoms with E-state index in [0.29, 0.717) is 18.9 Å². The highest BCUT2D eigenvalue weighted by Gasteiger charge is 2.27. The predicted octanol–water partition coefficient (Wildman–Crippen LogP) is 0.960. The van der Waals surface area contributed by atoms with E-state index >= 15 is 0 Å². The van der Waals surface area contributed by atoms with E-state index < -0.39 is 0 Å². The monoisotopic (exact) mass is 348 g/mol. The van der Waals surface area contributed by atoms with Gasteiger partial charge in [0.05, 0.1) is 5.69 Å². The van der Waals surface area contributed by atoms with Gasteiger partial charge < -0.3 is 20.9 Å². The van der Waals surface area contributed by atoms with Crippen LogP contribution in [0.5, 0.6) is 0 Å². The molecular formula is C17H28N6O2. The summed E-state index contributed by atoms with van der Waals surface area (Å²) in [6, 6.07) is 2.01. The minimum atomic E-state index is -0.0874. The summed E-state index contributed by atoms with van der Waals surface area (Å²) in [5.74, 6) is 0.408. The molecule has 0 radical (unpaired) electrons. The smallest absolute Gasteiger partial charge is 0.319 e. The van der Waals surface area contributed by atoms with Gasteiger partial charge in [-0.3, -0.25) is 4.79 Å². The Kier molecular flexibility index (Phi) is 5.45. The number of carbonyl (C=O) groups is 2. The van der Waals surface area contributed by atoms with Crippen LogP contribution in [0.25, 0.3) is 0 Å². The summed E-state index contributed by atoms with van der Waals surface area (Å²) >= 11 is 0. The Bertz CT molecular complexity index is 615. The molecule has 0 atom stereocenters. The first-order valence-electron chi connectivity index (χ1n) is 9.16. The molecule has 0 bridgehead atoms. The van der Waals surface area contributed by atoms with Crippen molar-refractivity contribution in [2.45, 2.75) is 51.6 Å². The van der Waals surface area contributed by atoms with E-state index in [-0.39, 0.29) is 24.5 Å². The number of piperidine rings is 2. The molecule has 1 aromatic heterocycles. The SMILES string of the molecule is Cc1cc(N)n(CC(=O)NC2CCN(C(=O)N3CCCCC3)CC2)n1. The van der Waals surface area contributed by atoms with Crippen molar-refractivity contribution in [2.75, 3.05) is 31.9 Å². The number of rotatable bonds is 3. The first-order chi connectivity index (χ1) is 12.0. The van der Waals surface area contributed by atoms with Crippen LogP contribution in [-0.2, 0) is 11.3 Å². The lowest BCUT2D eigenvalue weighted by molar-refractivity contribution is -0.122. The number of anilines is 1. The Balaban J connectivity index is 1.43. The quantitative estimate of drug-likeness (QED) is 0.850. The molecule has 3 amide bonds. The second-order valence-electron chi connectivity index (χ2n) is 7.03. The van der Waals surface area contributed by atoms with Crippen molar-refractivity contribution in [1.29, 1.82) is 0 Å². The molecular weight excluding hydrogens is 320 g/mol. The number of nitrogens with two attached hydrogens (primary N) is 1. The van der Waals surface area contributed by atoms with Crippen molar-refractivity contribution in [3.63, 3.8) is 0 Å². The van der Waals surface area contributed by atoms with Crippen molar-refractivity contribution >= 4 is 17.8 Å². The molecule has 0 unspecified atom stereocenters. The summed E-state index contributed by atoms with van der Waals surface area (Å²) in [5, 5.41) is 7.24. The Hall–Kier alpha value is -2.25. The topological polar surface area (TPSA) is 96.5 Å². The highest BCUT2D eigenvalue weighted by molar-refractivity contribution is 5.77. The van der Waals surface area contributed by atoms with Crippen molar-refractivity contribution in [1.82, 2.24) is 24.9 Å². The lowest BCUT2D eigenvalue weighted by atomic mass is 10.0. The molecule has 3 heterocycles. The number of nitrogens with one attached hydrogen (secondary N) is 1. The molecule has 2 aliphatic heterocycles. The summed E-state index contributed by atoms with van der Waals surface area (Å²) < 4.78 is 1.51. The molecule has 8 nitrogen and oxygen atoms in total. The molecule has 8 heteroatoms. The molecule has 2 saturated heterocycles. The van der Waals surface area contributed by atoms with E-state index in [1.54, 1.807) is 6.07 Å². The zero-order valence-electron chi connectivity index (χ0n) is 14.9. The Morgan fingerprint density at radius 1 is 1.16 bits per heavy atom. The van der Waals surface area contributed by atoms with Gasteiger partial charge in [0.2, 0.25) is 5.91 Å². The summed E-state index contributed by atoms with van der Waals surface area (Å²) in [5.41, 5.74) is 6.62. The molecule has 3 N–H and O–H groups in total. The number of likely N-dealkylation sites (tertiary alicyclic amines) is 2. The number of urea groups is 1. The van der Waals surface area contributed by atoms with Crippen molar-refractivity contribution in [3.05, 3.63) is 11.8 Å². The van der Waals surface area contributed by atoms with Gasteiger partial charge in [-0.05, 0) is 39.0 Å². The largest absolute Gasteiger partial charge is 0.384 e. The minimum absolute atomic E-state index is 0.0874. The fourth-order valence-corrected chi connectivity index (χ4v) is 3.60. The minimum Gasteiger partial charge on any atom is -0.384 e. The maximum atomic E-state index is 12.5.